The van der Waals surface area contributed by atoms with Crippen LogP contribution in [0.2, 0.25) is 0 Å². The molecular weight excluding hydrogens is 422 g/mol. The SMILES string of the molecule is COc1cc(/C=N/NC(=O)C(=O)Nc2ccccc2)ccc1OC(=O)/C=C/c1ccccc1. The number of para-hydroxylation sites is 1. The standard InChI is InChI=1S/C25H21N3O5/c1-32-22-16-19(17-26-28-25(31)24(30)27-20-10-6-3-7-11-20)12-14-21(22)33-23(29)15-13-18-8-4-2-5-9-18/h2-17H,1H3,(H,27,30)(H,28,31)/b15-13+,26-17+. The molecule has 8 nitrogen and oxygen atoms in total. The summed E-state index contributed by atoms with van der Waals surface area (Å²) in [6.45, 7) is 0. The predicted molar refractivity (Wildman–Crippen MR) is 125 cm³/mol. The van der Waals surface area contributed by atoms with Crippen LogP contribution in [0.15, 0.2) is 90.0 Å². The van der Waals surface area contributed by atoms with E-state index in [4.69, 9.17) is 9.47 Å². The third-order valence-corrected chi connectivity index (χ3v) is 4.23. The van der Waals surface area contributed by atoms with Crippen LogP contribution in [0.3, 0.4) is 0 Å². The lowest BCUT2D eigenvalue weighted by atomic mass is 10.2. The van der Waals surface area contributed by atoms with E-state index >= 15 is 0 Å². The summed E-state index contributed by atoms with van der Waals surface area (Å²) in [6.07, 6.45) is 4.30. The van der Waals surface area contributed by atoms with Crippen molar-refractivity contribution in [3.63, 3.8) is 0 Å². The number of esters is 1. The molecule has 8 heteroatoms. The highest BCUT2D eigenvalue weighted by molar-refractivity contribution is 6.39. The minimum absolute atomic E-state index is 0.226. The molecule has 2 amide bonds. The Balaban J connectivity index is 1.56. The number of nitrogens with one attached hydrogen (secondary N) is 2. The summed E-state index contributed by atoms with van der Waals surface area (Å²) >= 11 is 0. The zero-order valence-corrected chi connectivity index (χ0v) is 17.7. The fourth-order valence-electron chi connectivity index (χ4n) is 2.65. The topological polar surface area (TPSA) is 106 Å². The number of hydrogen-bond donors (Lipinski definition) is 2. The van der Waals surface area contributed by atoms with E-state index in [0.29, 0.717) is 17.0 Å². The van der Waals surface area contributed by atoms with Gasteiger partial charge in [-0.05, 0) is 47.5 Å². The zero-order chi connectivity index (χ0) is 23.5. The van der Waals surface area contributed by atoms with E-state index in [1.54, 1.807) is 54.6 Å². The first-order chi connectivity index (χ1) is 16.0. The van der Waals surface area contributed by atoms with E-state index in [2.05, 4.69) is 15.8 Å². The number of nitrogens with zero attached hydrogens (tertiary/aromatic N) is 1. The lowest BCUT2D eigenvalue weighted by Crippen LogP contribution is -2.32. The molecule has 0 heterocycles. The van der Waals surface area contributed by atoms with E-state index in [1.807, 2.05) is 30.3 Å². The molecule has 3 rings (SSSR count). The number of benzene rings is 3. The van der Waals surface area contributed by atoms with Crippen LogP contribution in [0.1, 0.15) is 11.1 Å². The van der Waals surface area contributed by atoms with Crippen molar-refractivity contribution in [2.75, 3.05) is 12.4 Å². The highest BCUT2D eigenvalue weighted by Gasteiger charge is 2.13. The van der Waals surface area contributed by atoms with Crippen molar-refractivity contribution in [2.45, 2.75) is 0 Å². The lowest BCUT2D eigenvalue weighted by molar-refractivity contribution is -0.136. The van der Waals surface area contributed by atoms with Gasteiger partial charge in [0.25, 0.3) is 0 Å². The second-order valence-electron chi connectivity index (χ2n) is 6.59. The molecule has 0 aliphatic carbocycles. The molecule has 2 N–H and O–H groups in total. The number of amides is 2. The second kappa shape index (κ2) is 11.6. The number of anilines is 1. The van der Waals surface area contributed by atoms with Gasteiger partial charge < -0.3 is 14.8 Å². The van der Waals surface area contributed by atoms with Gasteiger partial charge in [-0.25, -0.2) is 10.2 Å². The van der Waals surface area contributed by atoms with Gasteiger partial charge in [0.15, 0.2) is 11.5 Å². The molecule has 0 aliphatic rings. The largest absolute Gasteiger partial charge is 0.493 e. The third-order valence-electron chi connectivity index (χ3n) is 4.23. The normalized spacial score (nSPS) is 10.7. The Labute approximate surface area is 190 Å². The van der Waals surface area contributed by atoms with Gasteiger partial charge in [-0.1, -0.05) is 48.5 Å². The van der Waals surface area contributed by atoms with Crippen molar-refractivity contribution in [1.82, 2.24) is 5.43 Å². The molecule has 166 valence electrons. The predicted octanol–water partition coefficient (Wildman–Crippen LogP) is 3.40. The van der Waals surface area contributed by atoms with Gasteiger partial charge in [0, 0.05) is 11.8 Å². The van der Waals surface area contributed by atoms with Gasteiger partial charge >= 0.3 is 17.8 Å². The number of carbonyl (C=O) groups excluding carboxylic acids is 3. The van der Waals surface area contributed by atoms with Crippen molar-refractivity contribution < 1.29 is 23.9 Å². The van der Waals surface area contributed by atoms with E-state index in [-0.39, 0.29) is 5.75 Å². The van der Waals surface area contributed by atoms with Gasteiger partial charge in [-0.15, -0.1) is 0 Å². The van der Waals surface area contributed by atoms with E-state index in [1.165, 1.54) is 19.4 Å². The summed E-state index contributed by atoms with van der Waals surface area (Å²) in [5, 5.41) is 6.23. The molecular formula is C25H21N3O5. The van der Waals surface area contributed by atoms with Gasteiger partial charge in [-0.3, -0.25) is 9.59 Å². The minimum atomic E-state index is -0.919. The molecule has 0 radical (unpaired) electrons. The first-order valence-corrected chi connectivity index (χ1v) is 9.87. The van der Waals surface area contributed by atoms with Gasteiger partial charge in [0.2, 0.25) is 0 Å². The fourth-order valence-corrected chi connectivity index (χ4v) is 2.65. The van der Waals surface area contributed by atoms with Crippen molar-refractivity contribution >= 4 is 35.8 Å². The minimum Gasteiger partial charge on any atom is -0.493 e. The molecule has 0 aromatic heterocycles. The Hall–Kier alpha value is -4.72. The summed E-state index contributed by atoms with van der Waals surface area (Å²) in [6, 6.07) is 22.7. The smallest absolute Gasteiger partial charge is 0.336 e. The van der Waals surface area contributed by atoms with Crippen LogP contribution in [0.5, 0.6) is 11.5 Å². The Kier molecular flexibility index (Phi) is 8.08. The van der Waals surface area contributed by atoms with Crippen LogP contribution >= 0.6 is 0 Å². The highest BCUT2D eigenvalue weighted by atomic mass is 16.6. The van der Waals surface area contributed by atoms with Crippen molar-refractivity contribution in [2.24, 2.45) is 5.10 Å². The molecule has 33 heavy (non-hydrogen) atoms. The molecule has 0 spiro atoms. The average molecular weight is 443 g/mol. The van der Waals surface area contributed by atoms with Crippen LogP contribution < -0.4 is 20.2 Å². The number of hydrogen-bond acceptors (Lipinski definition) is 6. The summed E-state index contributed by atoms with van der Waals surface area (Å²) in [5.41, 5.74) is 4.07. The average Bonchev–Trinajstić information content (AvgIpc) is 2.84. The van der Waals surface area contributed by atoms with Gasteiger partial charge in [0.05, 0.1) is 13.3 Å². The van der Waals surface area contributed by atoms with Crippen LogP contribution in [0.4, 0.5) is 5.69 Å². The maximum Gasteiger partial charge on any atom is 0.336 e. The van der Waals surface area contributed by atoms with Crippen LogP contribution in [0.25, 0.3) is 6.08 Å². The van der Waals surface area contributed by atoms with Gasteiger partial charge in [-0.2, -0.15) is 5.10 Å². The summed E-state index contributed by atoms with van der Waals surface area (Å²) < 4.78 is 10.6. The summed E-state index contributed by atoms with van der Waals surface area (Å²) in [5.74, 6) is -1.80. The van der Waals surface area contributed by atoms with Gasteiger partial charge in [0.1, 0.15) is 0 Å². The molecule has 0 saturated heterocycles. The molecule has 0 bridgehead atoms. The van der Waals surface area contributed by atoms with Crippen molar-refractivity contribution in [3.8, 4) is 11.5 Å². The van der Waals surface area contributed by atoms with Crippen molar-refractivity contribution in [1.29, 1.82) is 0 Å². The Morgan fingerprint density at radius 1 is 0.818 bits per heavy atom. The molecule has 3 aromatic carbocycles. The number of rotatable bonds is 7. The molecule has 3 aromatic rings. The van der Waals surface area contributed by atoms with E-state index in [9.17, 15) is 14.4 Å². The first-order valence-electron chi connectivity index (χ1n) is 9.87. The number of methoxy groups -OCH3 is 1. The van der Waals surface area contributed by atoms with Crippen molar-refractivity contribution in [3.05, 3.63) is 96.1 Å². The Morgan fingerprint density at radius 2 is 1.52 bits per heavy atom. The quantitative estimate of drug-likeness (QED) is 0.145. The number of carbonyl (C=O) groups is 3. The Morgan fingerprint density at radius 3 is 2.21 bits per heavy atom. The van der Waals surface area contributed by atoms with Crippen LogP contribution in [-0.4, -0.2) is 31.1 Å². The highest BCUT2D eigenvalue weighted by Crippen LogP contribution is 2.27. The second-order valence-corrected chi connectivity index (χ2v) is 6.59. The van der Waals surface area contributed by atoms with Crippen LogP contribution in [0, 0.1) is 0 Å². The van der Waals surface area contributed by atoms with E-state index < -0.39 is 17.8 Å². The first kappa shape index (κ1) is 23.0. The summed E-state index contributed by atoms with van der Waals surface area (Å²) in [4.78, 5) is 35.9. The monoisotopic (exact) mass is 443 g/mol. The third kappa shape index (κ3) is 7.18. The van der Waals surface area contributed by atoms with E-state index in [0.717, 1.165) is 5.56 Å². The molecule has 0 aliphatic heterocycles. The number of ether oxygens (including phenoxy) is 2. The Bertz CT molecular complexity index is 1180. The zero-order valence-electron chi connectivity index (χ0n) is 17.7. The maximum atomic E-state index is 12.1. The van der Waals surface area contributed by atoms with Crippen LogP contribution in [-0.2, 0) is 14.4 Å². The molecule has 0 unspecified atom stereocenters. The lowest BCUT2D eigenvalue weighted by Gasteiger charge is -2.08. The fraction of sp³-hybridized carbons (Fsp3) is 0.0400. The maximum absolute atomic E-state index is 12.1. The molecule has 0 saturated carbocycles. The number of hydrazone groups is 1. The molecule has 0 fully saturated rings. The summed E-state index contributed by atoms with van der Waals surface area (Å²) in [7, 11) is 1.43. The molecule has 0 atom stereocenters.